The molecule has 7 heteroatoms. The van der Waals surface area contributed by atoms with Gasteiger partial charge in [0, 0.05) is 12.8 Å². The third-order valence-electron chi connectivity index (χ3n) is 3.95. The van der Waals surface area contributed by atoms with E-state index in [1.54, 1.807) is 14.2 Å². The van der Waals surface area contributed by atoms with Crippen molar-refractivity contribution in [2.24, 2.45) is 5.92 Å². The lowest BCUT2D eigenvalue weighted by atomic mass is 10.1. The molecule has 1 aromatic carbocycles. The van der Waals surface area contributed by atoms with E-state index < -0.39 is 0 Å². The monoisotopic (exact) mass is 339 g/mol. The van der Waals surface area contributed by atoms with Crippen LogP contribution < -0.4 is 14.8 Å². The molecule has 6 nitrogen and oxygen atoms in total. The molecule has 0 amide bonds. The highest BCUT2D eigenvalue weighted by atomic mass is 35.5. The number of nitrogens with one attached hydrogen (secondary N) is 1. The van der Waals surface area contributed by atoms with Crippen LogP contribution in [0.3, 0.4) is 0 Å². The van der Waals surface area contributed by atoms with Gasteiger partial charge in [-0.05, 0) is 43.1 Å². The van der Waals surface area contributed by atoms with Gasteiger partial charge in [0.1, 0.15) is 0 Å². The number of hydrogen-bond donors (Lipinski definition) is 1. The minimum Gasteiger partial charge on any atom is -0.493 e. The van der Waals surface area contributed by atoms with Crippen LogP contribution in [0.5, 0.6) is 11.5 Å². The summed E-state index contributed by atoms with van der Waals surface area (Å²) in [5.74, 6) is 3.46. The fraction of sp³-hybridized carbons (Fsp3) is 0.500. The molecule has 1 aromatic heterocycles. The summed E-state index contributed by atoms with van der Waals surface area (Å²) in [6.45, 7) is 2.12. The summed E-state index contributed by atoms with van der Waals surface area (Å²) in [6.07, 6.45) is 2.64. The molecule has 126 valence electrons. The topological polar surface area (TPSA) is 69.4 Å². The van der Waals surface area contributed by atoms with Gasteiger partial charge in [0.2, 0.25) is 5.89 Å². The largest absolute Gasteiger partial charge is 0.493 e. The molecule has 23 heavy (non-hydrogen) atoms. The maximum absolute atomic E-state index is 5.36. The Balaban J connectivity index is 0.00000192. The fourth-order valence-electron chi connectivity index (χ4n) is 2.75. The van der Waals surface area contributed by atoms with Crippen molar-refractivity contribution >= 4 is 12.4 Å². The Kier molecular flexibility index (Phi) is 6.24. The molecule has 1 unspecified atom stereocenters. The van der Waals surface area contributed by atoms with Crippen LogP contribution in [-0.2, 0) is 12.8 Å². The highest BCUT2D eigenvalue weighted by Crippen LogP contribution is 2.28. The quantitative estimate of drug-likeness (QED) is 0.870. The maximum Gasteiger partial charge on any atom is 0.226 e. The first-order valence-electron chi connectivity index (χ1n) is 7.51. The van der Waals surface area contributed by atoms with Crippen molar-refractivity contribution in [1.29, 1.82) is 0 Å². The predicted octanol–water partition coefficient (Wildman–Crippen LogP) is 2.25. The second kappa shape index (κ2) is 8.17. The molecule has 0 aliphatic carbocycles. The summed E-state index contributed by atoms with van der Waals surface area (Å²) in [4.78, 5) is 4.49. The molecule has 1 fully saturated rings. The predicted molar refractivity (Wildman–Crippen MR) is 88.6 cm³/mol. The lowest BCUT2D eigenvalue weighted by Crippen LogP contribution is -2.10. The Labute approximate surface area is 142 Å². The third kappa shape index (κ3) is 4.36. The number of aromatic nitrogens is 2. The van der Waals surface area contributed by atoms with Crippen molar-refractivity contribution in [1.82, 2.24) is 15.5 Å². The molecule has 0 radical (unpaired) electrons. The molecule has 2 heterocycles. The number of nitrogens with zero attached hydrogens (tertiary/aromatic N) is 2. The Bertz CT molecular complexity index is 627. The zero-order valence-electron chi connectivity index (χ0n) is 13.4. The van der Waals surface area contributed by atoms with E-state index in [0.29, 0.717) is 29.7 Å². The Hall–Kier alpha value is -1.79. The molecule has 1 atom stereocenters. The average molecular weight is 340 g/mol. The molecular formula is C16H22ClN3O3. The van der Waals surface area contributed by atoms with E-state index >= 15 is 0 Å². The molecule has 1 N–H and O–H groups in total. The Morgan fingerprint density at radius 1 is 1.26 bits per heavy atom. The van der Waals surface area contributed by atoms with Crippen LogP contribution in [-0.4, -0.2) is 37.4 Å². The first kappa shape index (κ1) is 17.6. The average Bonchev–Trinajstić information content (AvgIpc) is 3.20. The van der Waals surface area contributed by atoms with Gasteiger partial charge >= 0.3 is 0 Å². The number of rotatable bonds is 6. The van der Waals surface area contributed by atoms with Crippen molar-refractivity contribution in [3.63, 3.8) is 0 Å². The zero-order valence-corrected chi connectivity index (χ0v) is 14.2. The van der Waals surface area contributed by atoms with Gasteiger partial charge in [-0.15, -0.1) is 12.4 Å². The van der Waals surface area contributed by atoms with E-state index in [1.807, 2.05) is 18.2 Å². The molecule has 2 aromatic rings. The van der Waals surface area contributed by atoms with Crippen LogP contribution in [0.15, 0.2) is 22.7 Å². The van der Waals surface area contributed by atoms with Crippen LogP contribution in [0, 0.1) is 5.92 Å². The SMILES string of the molecule is COc1ccc(Cc2noc(CC3CCNC3)n2)cc1OC.Cl. The van der Waals surface area contributed by atoms with Crippen LogP contribution in [0.4, 0.5) is 0 Å². The van der Waals surface area contributed by atoms with Crippen LogP contribution in [0.1, 0.15) is 23.7 Å². The van der Waals surface area contributed by atoms with Gasteiger partial charge in [-0.1, -0.05) is 11.2 Å². The normalized spacial score (nSPS) is 16.9. The summed E-state index contributed by atoms with van der Waals surface area (Å²) in [5.41, 5.74) is 1.06. The molecule has 0 saturated carbocycles. The maximum atomic E-state index is 5.36. The number of methoxy groups -OCH3 is 2. The van der Waals surface area contributed by atoms with Gasteiger partial charge in [0.05, 0.1) is 14.2 Å². The van der Waals surface area contributed by atoms with Crippen molar-refractivity contribution in [2.75, 3.05) is 27.3 Å². The van der Waals surface area contributed by atoms with Crippen molar-refractivity contribution < 1.29 is 14.0 Å². The Morgan fingerprint density at radius 2 is 2.09 bits per heavy atom. The second-order valence-electron chi connectivity index (χ2n) is 5.53. The van der Waals surface area contributed by atoms with E-state index in [4.69, 9.17) is 14.0 Å². The molecule has 1 saturated heterocycles. The van der Waals surface area contributed by atoms with Gasteiger partial charge in [-0.3, -0.25) is 0 Å². The number of halogens is 1. The molecule has 1 aliphatic heterocycles. The van der Waals surface area contributed by atoms with Gasteiger partial charge in [0.25, 0.3) is 0 Å². The van der Waals surface area contributed by atoms with Crippen LogP contribution in [0.25, 0.3) is 0 Å². The van der Waals surface area contributed by atoms with E-state index in [2.05, 4.69) is 15.5 Å². The van der Waals surface area contributed by atoms with E-state index in [0.717, 1.165) is 31.0 Å². The minimum atomic E-state index is 0. The van der Waals surface area contributed by atoms with Gasteiger partial charge < -0.3 is 19.3 Å². The summed E-state index contributed by atoms with van der Waals surface area (Å²) < 4.78 is 15.9. The second-order valence-corrected chi connectivity index (χ2v) is 5.53. The van der Waals surface area contributed by atoms with Crippen LogP contribution >= 0.6 is 12.4 Å². The highest BCUT2D eigenvalue weighted by Gasteiger charge is 2.18. The zero-order chi connectivity index (χ0) is 15.4. The van der Waals surface area contributed by atoms with Crippen LogP contribution in [0.2, 0.25) is 0 Å². The number of ether oxygens (including phenoxy) is 2. The first-order valence-corrected chi connectivity index (χ1v) is 7.51. The van der Waals surface area contributed by atoms with Gasteiger partial charge in [-0.2, -0.15) is 4.98 Å². The van der Waals surface area contributed by atoms with Gasteiger partial charge in [0.15, 0.2) is 17.3 Å². The third-order valence-corrected chi connectivity index (χ3v) is 3.95. The summed E-state index contributed by atoms with van der Waals surface area (Å²) in [5, 5.41) is 7.42. The fourth-order valence-corrected chi connectivity index (χ4v) is 2.75. The summed E-state index contributed by atoms with van der Waals surface area (Å²) in [6, 6.07) is 5.81. The molecular weight excluding hydrogens is 318 g/mol. The lowest BCUT2D eigenvalue weighted by Gasteiger charge is -2.08. The molecule has 0 bridgehead atoms. The van der Waals surface area contributed by atoms with E-state index in [1.165, 1.54) is 6.42 Å². The van der Waals surface area contributed by atoms with Gasteiger partial charge in [-0.25, -0.2) is 0 Å². The molecule has 1 aliphatic rings. The molecule has 3 rings (SSSR count). The van der Waals surface area contributed by atoms with Crippen molar-refractivity contribution in [3.8, 4) is 11.5 Å². The lowest BCUT2D eigenvalue weighted by molar-refractivity contribution is 0.353. The summed E-state index contributed by atoms with van der Waals surface area (Å²) >= 11 is 0. The minimum absolute atomic E-state index is 0. The number of benzene rings is 1. The molecule has 0 spiro atoms. The summed E-state index contributed by atoms with van der Waals surface area (Å²) in [7, 11) is 3.25. The van der Waals surface area contributed by atoms with Crippen molar-refractivity contribution in [2.45, 2.75) is 19.3 Å². The highest BCUT2D eigenvalue weighted by molar-refractivity contribution is 5.85. The standard InChI is InChI=1S/C16H21N3O3.ClH/c1-20-13-4-3-11(7-14(13)21-2)8-15-18-16(22-19-15)9-12-5-6-17-10-12;/h3-4,7,12,17H,5-6,8-10H2,1-2H3;1H. The number of hydrogen-bond acceptors (Lipinski definition) is 6. The Morgan fingerprint density at radius 3 is 2.78 bits per heavy atom. The smallest absolute Gasteiger partial charge is 0.226 e. The van der Waals surface area contributed by atoms with Crippen molar-refractivity contribution in [3.05, 3.63) is 35.5 Å². The first-order chi connectivity index (χ1) is 10.8. The van der Waals surface area contributed by atoms with E-state index in [9.17, 15) is 0 Å². The van der Waals surface area contributed by atoms with E-state index in [-0.39, 0.29) is 12.4 Å².